The van der Waals surface area contributed by atoms with Crippen molar-refractivity contribution < 1.29 is 17.9 Å². The van der Waals surface area contributed by atoms with Crippen molar-refractivity contribution in [2.24, 2.45) is 17.6 Å². The lowest BCUT2D eigenvalue weighted by molar-refractivity contribution is -0.183. The smallest absolute Gasteiger partial charge is 0.384 e. The minimum atomic E-state index is -4.12. The van der Waals surface area contributed by atoms with Crippen LogP contribution in [0.1, 0.15) is 6.42 Å². The monoisotopic (exact) mass is 240 g/mol. The van der Waals surface area contributed by atoms with E-state index in [-0.39, 0.29) is 13.2 Å². The van der Waals surface area contributed by atoms with Crippen LogP contribution in [0.5, 0.6) is 0 Å². The molecule has 16 heavy (non-hydrogen) atoms. The Labute approximate surface area is 93.7 Å². The lowest BCUT2D eigenvalue weighted by Crippen LogP contribution is -2.32. The van der Waals surface area contributed by atoms with Crippen molar-refractivity contribution in [2.45, 2.75) is 12.6 Å². The van der Waals surface area contributed by atoms with Crippen molar-refractivity contribution in [2.75, 3.05) is 39.9 Å². The molecule has 0 radical (unpaired) electrons. The normalized spacial score (nSPS) is 27.6. The molecule has 0 aliphatic carbocycles. The summed E-state index contributed by atoms with van der Waals surface area (Å²) >= 11 is 0. The van der Waals surface area contributed by atoms with Crippen LogP contribution >= 0.6 is 0 Å². The van der Waals surface area contributed by atoms with Crippen LogP contribution in [-0.4, -0.2) is 51.0 Å². The first-order valence-corrected chi connectivity index (χ1v) is 5.47. The van der Waals surface area contributed by atoms with Gasteiger partial charge in [0.05, 0.1) is 12.5 Å². The SMILES string of the molecule is COC[C@@H]1CN(CCCN)C[C@@H]1C(F)(F)F. The zero-order chi connectivity index (χ0) is 12.2. The summed E-state index contributed by atoms with van der Waals surface area (Å²) in [6.45, 7) is 1.87. The minimum Gasteiger partial charge on any atom is -0.384 e. The molecule has 1 aliphatic rings. The van der Waals surface area contributed by atoms with Crippen molar-refractivity contribution in [3.8, 4) is 0 Å². The summed E-state index contributed by atoms with van der Waals surface area (Å²) < 4.78 is 43.0. The molecular weight excluding hydrogens is 221 g/mol. The summed E-state index contributed by atoms with van der Waals surface area (Å²) in [6, 6.07) is 0. The molecule has 0 aromatic heterocycles. The van der Waals surface area contributed by atoms with E-state index in [4.69, 9.17) is 10.5 Å². The number of hydrogen-bond acceptors (Lipinski definition) is 3. The van der Waals surface area contributed by atoms with Crippen molar-refractivity contribution >= 4 is 0 Å². The zero-order valence-corrected chi connectivity index (χ0v) is 9.46. The van der Waals surface area contributed by atoms with Gasteiger partial charge in [-0.15, -0.1) is 0 Å². The number of hydrogen-bond donors (Lipinski definition) is 1. The highest BCUT2D eigenvalue weighted by Gasteiger charge is 2.49. The highest BCUT2D eigenvalue weighted by molar-refractivity contribution is 4.88. The number of rotatable bonds is 5. The molecule has 0 aromatic rings. The van der Waals surface area contributed by atoms with Gasteiger partial charge in [0.2, 0.25) is 0 Å². The molecule has 0 spiro atoms. The summed E-state index contributed by atoms with van der Waals surface area (Å²) in [6.07, 6.45) is -3.38. The van der Waals surface area contributed by atoms with Crippen LogP contribution in [0.2, 0.25) is 0 Å². The van der Waals surface area contributed by atoms with Crippen LogP contribution in [0.3, 0.4) is 0 Å². The van der Waals surface area contributed by atoms with Gasteiger partial charge in [-0.1, -0.05) is 0 Å². The third-order valence-electron chi connectivity index (χ3n) is 3.00. The highest BCUT2D eigenvalue weighted by Crippen LogP contribution is 2.37. The topological polar surface area (TPSA) is 38.5 Å². The lowest BCUT2D eigenvalue weighted by Gasteiger charge is -2.20. The van der Waals surface area contributed by atoms with E-state index >= 15 is 0 Å². The Morgan fingerprint density at radius 2 is 2.06 bits per heavy atom. The maximum atomic E-state index is 12.7. The Kier molecular flexibility index (Phi) is 5.01. The molecule has 1 saturated heterocycles. The summed E-state index contributed by atoms with van der Waals surface area (Å²) in [4.78, 5) is 1.83. The molecule has 1 heterocycles. The van der Waals surface area contributed by atoms with E-state index < -0.39 is 18.0 Å². The minimum absolute atomic E-state index is 0.0809. The molecule has 1 fully saturated rings. The molecule has 0 saturated carbocycles. The van der Waals surface area contributed by atoms with E-state index in [1.54, 1.807) is 0 Å². The summed E-state index contributed by atoms with van der Waals surface area (Å²) in [5.74, 6) is -1.70. The van der Waals surface area contributed by atoms with Gasteiger partial charge in [0.25, 0.3) is 0 Å². The maximum Gasteiger partial charge on any atom is 0.393 e. The van der Waals surface area contributed by atoms with E-state index in [2.05, 4.69) is 0 Å². The standard InChI is InChI=1S/C10H19F3N2O/c1-16-7-8-5-15(4-2-3-14)6-9(8)10(11,12)13/h8-9H,2-7,14H2,1H3/t8-,9-/m0/s1. The van der Waals surface area contributed by atoms with Gasteiger partial charge >= 0.3 is 6.18 Å². The van der Waals surface area contributed by atoms with Crippen LogP contribution < -0.4 is 5.73 Å². The van der Waals surface area contributed by atoms with Crippen LogP contribution in [-0.2, 0) is 4.74 Å². The molecule has 1 aliphatic heterocycles. The van der Waals surface area contributed by atoms with E-state index in [1.165, 1.54) is 7.11 Å². The van der Waals surface area contributed by atoms with Gasteiger partial charge in [0.1, 0.15) is 0 Å². The fourth-order valence-electron chi connectivity index (χ4n) is 2.21. The Morgan fingerprint density at radius 3 is 2.56 bits per heavy atom. The number of nitrogens with zero attached hydrogens (tertiary/aromatic N) is 1. The second-order valence-electron chi connectivity index (χ2n) is 4.27. The van der Waals surface area contributed by atoms with Crippen molar-refractivity contribution in [3.05, 3.63) is 0 Å². The number of ether oxygens (including phenoxy) is 1. The van der Waals surface area contributed by atoms with Crippen molar-refractivity contribution in [1.29, 1.82) is 0 Å². The molecule has 2 atom stereocenters. The second kappa shape index (κ2) is 5.84. The van der Waals surface area contributed by atoms with Crippen molar-refractivity contribution in [1.82, 2.24) is 4.90 Å². The Hall–Kier alpha value is -0.330. The quantitative estimate of drug-likeness (QED) is 0.782. The first-order chi connectivity index (χ1) is 7.49. The van der Waals surface area contributed by atoms with Crippen LogP contribution in [0, 0.1) is 11.8 Å². The average Bonchev–Trinajstić information content (AvgIpc) is 2.58. The molecule has 3 nitrogen and oxygen atoms in total. The molecule has 0 bridgehead atoms. The third kappa shape index (κ3) is 3.61. The van der Waals surface area contributed by atoms with E-state index in [0.717, 1.165) is 6.42 Å². The first-order valence-electron chi connectivity index (χ1n) is 5.47. The van der Waals surface area contributed by atoms with Crippen LogP contribution in [0.25, 0.3) is 0 Å². The molecule has 96 valence electrons. The largest absolute Gasteiger partial charge is 0.393 e. The summed E-state index contributed by atoms with van der Waals surface area (Å²) in [5, 5.41) is 0. The van der Waals surface area contributed by atoms with Crippen LogP contribution in [0.4, 0.5) is 13.2 Å². The van der Waals surface area contributed by atoms with Gasteiger partial charge in [0, 0.05) is 26.1 Å². The molecule has 2 N–H and O–H groups in total. The number of likely N-dealkylation sites (tertiary alicyclic amines) is 1. The number of alkyl halides is 3. The van der Waals surface area contributed by atoms with E-state index in [1.807, 2.05) is 4.90 Å². The Bertz CT molecular complexity index is 211. The second-order valence-corrected chi connectivity index (χ2v) is 4.27. The molecule has 0 unspecified atom stereocenters. The predicted molar refractivity (Wildman–Crippen MR) is 55.0 cm³/mol. The van der Waals surface area contributed by atoms with Gasteiger partial charge in [-0.3, -0.25) is 0 Å². The predicted octanol–water partition coefficient (Wildman–Crippen LogP) is 1.09. The molecule has 0 aromatic carbocycles. The fourth-order valence-corrected chi connectivity index (χ4v) is 2.21. The van der Waals surface area contributed by atoms with Gasteiger partial charge in [-0.2, -0.15) is 13.2 Å². The van der Waals surface area contributed by atoms with Gasteiger partial charge in [-0.25, -0.2) is 0 Å². The molecule has 0 amide bonds. The molecule has 1 rings (SSSR count). The number of methoxy groups -OCH3 is 1. The third-order valence-corrected chi connectivity index (χ3v) is 3.00. The number of halogens is 3. The fraction of sp³-hybridized carbons (Fsp3) is 1.00. The molecular formula is C10H19F3N2O. The zero-order valence-electron chi connectivity index (χ0n) is 9.46. The molecule has 6 heteroatoms. The van der Waals surface area contributed by atoms with Gasteiger partial charge < -0.3 is 15.4 Å². The Morgan fingerprint density at radius 1 is 1.38 bits per heavy atom. The van der Waals surface area contributed by atoms with Gasteiger partial charge in [0.15, 0.2) is 0 Å². The van der Waals surface area contributed by atoms with E-state index in [0.29, 0.717) is 19.6 Å². The van der Waals surface area contributed by atoms with Crippen LogP contribution in [0.15, 0.2) is 0 Å². The average molecular weight is 240 g/mol. The first kappa shape index (κ1) is 13.7. The van der Waals surface area contributed by atoms with Gasteiger partial charge in [-0.05, 0) is 19.5 Å². The Balaban J connectivity index is 2.54. The van der Waals surface area contributed by atoms with Crippen molar-refractivity contribution in [3.63, 3.8) is 0 Å². The summed E-state index contributed by atoms with van der Waals surface area (Å²) in [7, 11) is 1.44. The number of nitrogens with two attached hydrogens (primary N) is 1. The maximum absolute atomic E-state index is 12.7. The highest BCUT2D eigenvalue weighted by atomic mass is 19.4. The lowest BCUT2D eigenvalue weighted by atomic mass is 9.96. The summed E-state index contributed by atoms with van der Waals surface area (Å²) in [5.41, 5.74) is 5.35. The van der Waals surface area contributed by atoms with E-state index in [9.17, 15) is 13.2 Å².